The highest BCUT2D eigenvalue weighted by Crippen LogP contribution is 2.33. The molecule has 5 heteroatoms. The summed E-state index contributed by atoms with van der Waals surface area (Å²) in [5.74, 6) is 0.846. The smallest absolute Gasteiger partial charge is 0.124 e. The van der Waals surface area contributed by atoms with Crippen LogP contribution in [0.25, 0.3) is 0 Å². The van der Waals surface area contributed by atoms with E-state index in [0.717, 1.165) is 30.1 Å². The van der Waals surface area contributed by atoms with Gasteiger partial charge in [-0.25, -0.2) is 0 Å². The molecule has 1 aromatic heterocycles. The van der Waals surface area contributed by atoms with E-state index in [1.54, 1.807) is 13.3 Å². The Morgan fingerprint density at radius 1 is 1.35 bits per heavy atom. The van der Waals surface area contributed by atoms with Gasteiger partial charge in [-0.05, 0) is 19.5 Å². The number of nitrogens with zero attached hydrogens (tertiary/aromatic N) is 2. The summed E-state index contributed by atoms with van der Waals surface area (Å²) in [6, 6.07) is 7.94. The van der Waals surface area contributed by atoms with Crippen LogP contribution in [-0.2, 0) is 6.54 Å². The van der Waals surface area contributed by atoms with Crippen LogP contribution in [-0.4, -0.2) is 23.4 Å². The summed E-state index contributed by atoms with van der Waals surface area (Å²) in [6.45, 7) is 5.73. The average Bonchev–Trinajstić information content (AvgIpc) is 2.85. The third-order valence-electron chi connectivity index (χ3n) is 3.26. The third-order valence-corrected chi connectivity index (χ3v) is 3.56. The number of para-hydroxylation sites is 1. The fourth-order valence-electron chi connectivity index (χ4n) is 2.37. The quantitative estimate of drug-likeness (QED) is 0.888. The Morgan fingerprint density at radius 2 is 2.10 bits per heavy atom. The predicted molar refractivity (Wildman–Crippen MR) is 81.4 cm³/mol. The molecule has 0 aliphatic heterocycles. The first kappa shape index (κ1) is 14.9. The van der Waals surface area contributed by atoms with Gasteiger partial charge in [-0.15, -0.1) is 0 Å². The molecule has 1 aromatic carbocycles. The molecule has 20 heavy (non-hydrogen) atoms. The minimum Gasteiger partial charge on any atom is -0.496 e. The molecule has 0 aliphatic rings. The molecule has 1 heterocycles. The fraction of sp³-hybridized carbons (Fsp3) is 0.400. The maximum Gasteiger partial charge on any atom is 0.124 e. The van der Waals surface area contributed by atoms with Crippen LogP contribution in [0, 0.1) is 0 Å². The Labute approximate surface area is 124 Å². The number of aromatic nitrogens is 2. The van der Waals surface area contributed by atoms with Crippen molar-refractivity contribution < 1.29 is 4.74 Å². The number of rotatable bonds is 6. The summed E-state index contributed by atoms with van der Waals surface area (Å²) in [6.07, 6.45) is 1.69. The van der Waals surface area contributed by atoms with E-state index in [4.69, 9.17) is 16.3 Å². The molecule has 0 aliphatic carbocycles. The number of aryl methyl sites for hydroxylation is 1. The van der Waals surface area contributed by atoms with Gasteiger partial charge in [0.15, 0.2) is 0 Å². The normalized spacial score (nSPS) is 12.4. The van der Waals surface area contributed by atoms with Crippen LogP contribution in [0.15, 0.2) is 30.5 Å². The number of hydrogen-bond donors (Lipinski definition) is 1. The van der Waals surface area contributed by atoms with E-state index in [1.165, 1.54) is 0 Å². The van der Waals surface area contributed by atoms with Crippen LogP contribution in [0.4, 0.5) is 0 Å². The van der Waals surface area contributed by atoms with Gasteiger partial charge < -0.3 is 10.1 Å². The zero-order valence-electron chi connectivity index (χ0n) is 12.1. The first-order valence-electron chi connectivity index (χ1n) is 6.80. The molecule has 0 saturated heterocycles. The van der Waals surface area contributed by atoms with Crippen molar-refractivity contribution in [1.82, 2.24) is 15.1 Å². The van der Waals surface area contributed by atoms with E-state index in [2.05, 4.69) is 30.3 Å². The second-order valence-electron chi connectivity index (χ2n) is 4.43. The number of hydrogen-bond acceptors (Lipinski definition) is 3. The summed E-state index contributed by atoms with van der Waals surface area (Å²) in [4.78, 5) is 0. The number of methoxy groups -OCH3 is 1. The predicted octanol–water partition coefficient (Wildman–Crippen LogP) is 3.26. The Kier molecular flexibility index (Phi) is 5.04. The van der Waals surface area contributed by atoms with Gasteiger partial charge in [-0.1, -0.05) is 36.7 Å². The van der Waals surface area contributed by atoms with Crippen molar-refractivity contribution >= 4 is 11.6 Å². The van der Waals surface area contributed by atoms with E-state index in [0.29, 0.717) is 5.02 Å². The van der Waals surface area contributed by atoms with Crippen molar-refractivity contribution in [1.29, 1.82) is 0 Å². The summed E-state index contributed by atoms with van der Waals surface area (Å²) in [5, 5.41) is 8.46. The molecule has 0 radical (unpaired) electrons. The van der Waals surface area contributed by atoms with Gasteiger partial charge >= 0.3 is 0 Å². The lowest BCUT2D eigenvalue weighted by Gasteiger charge is -2.22. The molecular weight excluding hydrogens is 274 g/mol. The SMILES string of the molecule is CCNC(c1ccccc1OC)c1c(Cl)cnn1CC. The van der Waals surface area contributed by atoms with E-state index in [-0.39, 0.29) is 6.04 Å². The lowest BCUT2D eigenvalue weighted by molar-refractivity contribution is 0.402. The Bertz CT molecular complexity index is 568. The van der Waals surface area contributed by atoms with Gasteiger partial charge in [-0.3, -0.25) is 4.68 Å². The molecule has 0 bridgehead atoms. The number of benzene rings is 1. The first-order chi connectivity index (χ1) is 9.72. The molecule has 0 fully saturated rings. The van der Waals surface area contributed by atoms with Crippen molar-refractivity contribution in [2.24, 2.45) is 0 Å². The minimum absolute atomic E-state index is 0.0360. The molecule has 108 valence electrons. The average molecular weight is 294 g/mol. The molecule has 2 rings (SSSR count). The van der Waals surface area contributed by atoms with Gasteiger partial charge in [-0.2, -0.15) is 5.10 Å². The molecule has 0 saturated carbocycles. The first-order valence-corrected chi connectivity index (χ1v) is 7.18. The molecule has 1 N–H and O–H groups in total. The molecule has 0 spiro atoms. The summed E-state index contributed by atoms with van der Waals surface area (Å²) >= 11 is 6.34. The molecule has 1 unspecified atom stereocenters. The Balaban J connectivity index is 2.53. The molecule has 0 amide bonds. The van der Waals surface area contributed by atoms with E-state index < -0.39 is 0 Å². The standard InChI is InChI=1S/C15H20ClN3O/c1-4-17-14(11-8-6-7-9-13(11)20-3)15-12(16)10-18-19(15)5-2/h6-10,14,17H,4-5H2,1-3H3. The number of halogens is 1. The van der Waals surface area contributed by atoms with E-state index >= 15 is 0 Å². The molecular formula is C15H20ClN3O. The van der Waals surface area contributed by atoms with Crippen LogP contribution in [0.5, 0.6) is 5.75 Å². The van der Waals surface area contributed by atoms with Crippen LogP contribution in [0.3, 0.4) is 0 Å². The summed E-state index contributed by atoms with van der Waals surface area (Å²) in [7, 11) is 1.68. The van der Waals surface area contributed by atoms with Crippen molar-refractivity contribution in [3.63, 3.8) is 0 Å². The van der Waals surface area contributed by atoms with Crippen LogP contribution in [0.1, 0.15) is 31.1 Å². The number of nitrogens with one attached hydrogen (secondary N) is 1. The Hall–Kier alpha value is -1.52. The fourth-order valence-corrected chi connectivity index (χ4v) is 2.62. The molecule has 4 nitrogen and oxygen atoms in total. The van der Waals surface area contributed by atoms with Crippen LogP contribution >= 0.6 is 11.6 Å². The van der Waals surface area contributed by atoms with Gasteiger partial charge in [0.05, 0.1) is 30.1 Å². The zero-order chi connectivity index (χ0) is 14.5. The van der Waals surface area contributed by atoms with E-state index in [1.807, 2.05) is 22.9 Å². The number of ether oxygens (including phenoxy) is 1. The highest BCUT2D eigenvalue weighted by Gasteiger charge is 2.23. The third kappa shape index (κ3) is 2.81. The van der Waals surface area contributed by atoms with Crippen molar-refractivity contribution in [2.75, 3.05) is 13.7 Å². The highest BCUT2D eigenvalue weighted by atomic mass is 35.5. The van der Waals surface area contributed by atoms with Crippen LogP contribution in [0.2, 0.25) is 5.02 Å². The summed E-state index contributed by atoms with van der Waals surface area (Å²) < 4.78 is 7.39. The second-order valence-corrected chi connectivity index (χ2v) is 4.83. The summed E-state index contributed by atoms with van der Waals surface area (Å²) in [5.41, 5.74) is 2.04. The Morgan fingerprint density at radius 3 is 2.75 bits per heavy atom. The maximum atomic E-state index is 6.34. The van der Waals surface area contributed by atoms with Crippen molar-refractivity contribution in [3.05, 3.63) is 46.7 Å². The second kappa shape index (κ2) is 6.77. The molecule has 2 aromatic rings. The lowest BCUT2D eigenvalue weighted by Crippen LogP contribution is -2.25. The minimum atomic E-state index is -0.0360. The molecule has 1 atom stereocenters. The monoisotopic (exact) mass is 293 g/mol. The lowest BCUT2D eigenvalue weighted by atomic mass is 10.0. The highest BCUT2D eigenvalue weighted by molar-refractivity contribution is 6.31. The van der Waals surface area contributed by atoms with Gasteiger partial charge in [0.2, 0.25) is 0 Å². The van der Waals surface area contributed by atoms with Crippen molar-refractivity contribution in [2.45, 2.75) is 26.4 Å². The maximum absolute atomic E-state index is 6.34. The van der Waals surface area contributed by atoms with Crippen LogP contribution < -0.4 is 10.1 Å². The van der Waals surface area contributed by atoms with E-state index in [9.17, 15) is 0 Å². The topological polar surface area (TPSA) is 39.1 Å². The van der Waals surface area contributed by atoms with Gasteiger partial charge in [0.25, 0.3) is 0 Å². The zero-order valence-corrected chi connectivity index (χ0v) is 12.8. The van der Waals surface area contributed by atoms with Gasteiger partial charge in [0, 0.05) is 12.1 Å². The largest absolute Gasteiger partial charge is 0.496 e. The van der Waals surface area contributed by atoms with Crippen molar-refractivity contribution in [3.8, 4) is 5.75 Å². The van der Waals surface area contributed by atoms with Gasteiger partial charge in [0.1, 0.15) is 5.75 Å².